The van der Waals surface area contributed by atoms with Crippen LogP contribution in [0.2, 0.25) is 0 Å². The number of hydrogen-bond donors (Lipinski definition) is 1. The summed E-state index contributed by atoms with van der Waals surface area (Å²) in [7, 11) is 0. The summed E-state index contributed by atoms with van der Waals surface area (Å²) in [5.41, 5.74) is 2.23. The van der Waals surface area contributed by atoms with E-state index in [0.29, 0.717) is 0 Å². The van der Waals surface area contributed by atoms with E-state index in [0.717, 1.165) is 24.5 Å². The molecule has 1 aromatic heterocycles. The van der Waals surface area contributed by atoms with Gasteiger partial charge in [-0.15, -0.1) is 0 Å². The molecule has 0 saturated heterocycles. The average Bonchev–Trinajstić information content (AvgIpc) is 2.63. The van der Waals surface area contributed by atoms with Gasteiger partial charge in [-0.3, -0.25) is 0 Å². The Morgan fingerprint density at radius 2 is 1.76 bits per heavy atom. The van der Waals surface area contributed by atoms with Crippen LogP contribution in [0.25, 0.3) is 0 Å². The fourth-order valence-corrected chi connectivity index (χ4v) is 2.00. The number of aryl methyl sites for hydroxylation is 2. The highest BCUT2D eigenvalue weighted by molar-refractivity contribution is 5.20. The standard InChI is InChI=1S/C14H26N2O/c1-4-5-6-7-8-9-10-15-11-14-12(2)16-17-13(14)3/h15H,4-11H2,1-3H3. The van der Waals surface area contributed by atoms with Crippen molar-refractivity contribution in [2.45, 2.75) is 65.8 Å². The van der Waals surface area contributed by atoms with Gasteiger partial charge in [0.1, 0.15) is 5.76 Å². The van der Waals surface area contributed by atoms with E-state index in [9.17, 15) is 0 Å². The zero-order chi connectivity index (χ0) is 12.5. The molecular weight excluding hydrogens is 212 g/mol. The van der Waals surface area contributed by atoms with Crippen LogP contribution in [-0.4, -0.2) is 11.7 Å². The van der Waals surface area contributed by atoms with Crippen LogP contribution in [-0.2, 0) is 6.54 Å². The van der Waals surface area contributed by atoms with Gasteiger partial charge in [-0.1, -0.05) is 44.2 Å². The van der Waals surface area contributed by atoms with E-state index in [1.807, 2.05) is 13.8 Å². The summed E-state index contributed by atoms with van der Waals surface area (Å²) in [5.74, 6) is 0.943. The molecule has 0 aliphatic rings. The van der Waals surface area contributed by atoms with Crippen molar-refractivity contribution >= 4 is 0 Å². The third kappa shape index (κ3) is 5.35. The number of aromatic nitrogens is 1. The van der Waals surface area contributed by atoms with Crippen LogP contribution in [0.4, 0.5) is 0 Å². The highest BCUT2D eigenvalue weighted by atomic mass is 16.5. The molecule has 1 N–H and O–H groups in total. The lowest BCUT2D eigenvalue weighted by Gasteiger charge is -2.04. The quantitative estimate of drug-likeness (QED) is 0.666. The maximum Gasteiger partial charge on any atom is 0.138 e. The minimum Gasteiger partial charge on any atom is -0.361 e. The maximum absolute atomic E-state index is 5.13. The smallest absolute Gasteiger partial charge is 0.138 e. The van der Waals surface area contributed by atoms with Gasteiger partial charge in [-0.2, -0.15) is 0 Å². The Hall–Kier alpha value is -0.830. The van der Waals surface area contributed by atoms with Crippen LogP contribution in [0.5, 0.6) is 0 Å². The number of rotatable bonds is 9. The normalized spacial score (nSPS) is 11.0. The second-order valence-corrected chi connectivity index (χ2v) is 4.75. The summed E-state index contributed by atoms with van der Waals surface area (Å²) in [6, 6.07) is 0. The zero-order valence-electron chi connectivity index (χ0n) is 11.5. The van der Waals surface area contributed by atoms with Gasteiger partial charge in [0.25, 0.3) is 0 Å². The first kappa shape index (κ1) is 14.2. The molecule has 1 aromatic rings. The molecule has 0 fully saturated rings. The Balaban J connectivity index is 2.01. The highest BCUT2D eigenvalue weighted by Crippen LogP contribution is 2.11. The van der Waals surface area contributed by atoms with E-state index < -0.39 is 0 Å². The van der Waals surface area contributed by atoms with Gasteiger partial charge in [-0.25, -0.2) is 0 Å². The number of hydrogen-bond acceptors (Lipinski definition) is 3. The summed E-state index contributed by atoms with van der Waals surface area (Å²) >= 11 is 0. The van der Waals surface area contributed by atoms with Crippen LogP contribution in [0.3, 0.4) is 0 Å². The summed E-state index contributed by atoms with van der Waals surface area (Å²) in [4.78, 5) is 0. The van der Waals surface area contributed by atoms with E-state index in [1.54, 1.807) is 0 Å². The van der Waals surface area contributed by atoms with Crippen molar-refractivity contribution in [3.05, 3.63) is 17.0 Å². The van der Waals surface area contributed by atoms with Gasteiger partial charge in [-0.05, 0) is 26.8 Å². The van der Waals surface area contributed by atoms with Crippen molar-refractivity contribution in [2.24, 2.45) is 0 Å². The van der Waals surface area contributed by atoms with Gasteiger partial charge < -0.3 is 9.84 Å². The minimum atomic E-state index is 0.885. The molecular formula is C14H26N2O. The summed E-state index contributed by atoms with van der Waals surface area (Å²) < 4.78 is 5.13. The van der Waals surface area contributed by atoms with Gasteiger partial charge in [0.15, 0.2) is 0 Å². The van der Waals surface area contributed by atoms with Crippen LogP contribution >= 0.6 is 0 Å². The SMILES string of the molecule is CCCCCCCCNCc1c(C)noc1C. The zero-order valence-corrected chi connectivity index (χ0v) is 11.5. The molecule has 17 heavy (non-hydrogen) atoms. The maximum atomic E-state index is 5.13. The molecule has 0 unspecified atom stereocenters. The minimum absolute atomic E-state index is 0.885. The molecule has 98 valence electrons. The Morgan fingerprint density at radius 3 is 2.41 bits per heavy atom. The third-order valence-corrected chi connectivity index (χ3v) is 3.19. The third-order valence-electron chi connectivity index (χ3n) is 3.19. The molecule has 0 aromatic carbocycles. The summed E-state index contributed by atoms with van der Waals surface area (Å²) in [6.45, 7) is 8.21. The van der Waals surface area contributed by atoms with Gasteiger partial charge >= 0.3 is 0 Å². The first-order chi connectivity index (χ1) is 8.25. The van der Waals surface area contributed by atoms with Gasteiger partial charge in [0, 0.05) is 12.1 Å². The predicted octanol–water partition coefficient (Wildman–Crippen LogP) is 3.74. The fourth-order valence-electron chi connectivity index (χ4n) is 2.00. The molecule has 0 spiro atoms. The lowest BCUT2D eigenvalue weighted by molar-refractivity contribution is 0.392. The Labute approximate surface area is 105 Å². The first-order valence-electron chi connectivity index (χ1n) is 6.88. The molecule has 3 heteroatoms. The molecule has 3 nitrogen and oxygen atoms in total. The average molecular weight is 238 g/mol. The van der Waals surface area contributed by atoms with Crippen molar-refractivity contribution in [3.8, 4) is 0 Å². The lowest BCUT2D eigenvalue weighted by atomic mass is 10.1. The fraction of sp³-hybridized carbons (Fsp3) is 0.786. The van der Waals surface area contributed by atoms with E-state index in [-0.39, 0.29) is 0 Å². The van der Waals surface area contributed by atoms with Crippen molar-refractivity contribution in [1.82, 2.24) is 10.5 Å². The molecule has 0 amide bonds. The largest absolute Gasteiger partial charge is 0.361 e. The van der Waals surface area contributed by atoms with Gasteiger partial charge in [0.2, 0.25) is 0 Å². The first-order valence-corrected chi connectivity index (χ1v) is 6.88. The van der Waals surface area contributed by atoms with Crippen LogP contribution in [0, 0.1) is 13.8 Å². The summed E-state index contributed by atoms with van der Waals surface area (Å²) in [5, 5.41) is 7.41. The number of nitrogens with zero attached hydrogens (tertiary/aromatic N) is 1. The summed E-state index contributed by atoms with van der Waals surface area (Å²) in [6.07, 6.45) is 8.08. The van der Waals surface area contributed by atoms with Crippen molar-refractivity contribution < 1.29 is 4.52 Å². The van der Waals surface area contributed by atoms with Crippen LogP contribution in [0.1, 0.15) is 62.5 Å². The monoisotopic (exact) mass is 238 g/mol. The molecule has 0 bridgehead atoms. The van der Waals surface area contributed by atoms with Crippen molar-refractivity contribution in [1.29, 1.82) is 0 Å². The Bertz CT molecular complexity index is 288. The van der Waals surface area contributed by atoms with E-state index in [1.165, 1.54) is 44.1 Å². The second kappa shape index (κ2) is 8.29. The van der Waals surface area contributed by atoms with E-state index in [2.05, 4.69) is 17.4 Å². The van der Waals surface area contributed by atoms with Crippen molar-refractivity contribution in [3.63, 3.8) is 0 Å². The lowest BCUT2D eigenvalue weighted by Crippen LogP contribution is -2.15. The molecule has 1 rings (SSSR count). The number of unbranched alkanes of at least 4 members (excludes halogenated alkanes) is 5. The molecule has 1 heterocycles. The molecule has 0 atom stereocenters. The molecule has 0 saturated carbocycles. The predicted molar refractivity (Wildman–Crippen MR) is 71.1 cm³/mol. The molecule has 0 aliphatic carbocycles. The second-order valence-electron chi connectivity index (χ2n) is 4.75. The number of nitrogens with one attached hydrogen (secondary N) is 1. The molecule has 0 radical (unpaired) electrons. The Morgan fingerprint density at radius 1 is 1.06 bits per heavy atom. The van der Waals surface area contributed by atoms with E-state index in [4.69, 9.17) is 4.52 Å². The Kier molecular flexibility index (Phi) is 6.94. The van der Waals surface area contributed by atoms with Crippen LogP contribution < -0.4 is 5.32 Å². The van der Waals surface area contributed by atoms with Crippen molar-refractivity contribution in [2.75, 3.05) is 6.54 Å². The van der Waals surface area contributed by atoms with Gasteiger partial charge in [0.05, 0.1) is 5.69 Å². The van der Waals surface area contributed by atoms with E-state index >= 15 is 0 Å². The highest BCUT2D eigenvalue weighted by Gasteiger charge is 2.07. The molecule has 0 aliphatic heterocycles. The van der Waals surface area contributed by atoms with Crippen LogP contribution in [0.15, 0.2) is 4.52 Å². The topological polar surface area (TPSA) is 38.1 Å².